The molecule has 1 saturated heterocycles. The molecular weight excluding hydrogens is 468 g/mol. The first-order chi connectivity index (χ1) is 16.6. The average Bonchev–Trinajstić information content (AvgIpc) is 3.44. The molecule has 1 N–H and O–H groups in total. The van der Waals surface area contributed by atoms with E-state index in [1.807, 2.05) is 71.6 Å². The summed E-state index contributed by atoms with van der Waals surface area (Å²) in [5.74, 6) is 0.561. The molecule has 1 fully saturated rings. The smallest absolute Gasteiger partial charge is 0.264 e. The van der Waals surface area contributed by atoms with Gasteiger partial charge < -0.3 is 10.1 Å². The fraction of sp³-hybridized carbons (Fsp3) is 0.0385. The summed E-state index contributed by atoms with van der Waals surface area (Å²) in [6.07, 6.45) is 3.76. The van der Waals surface area contributed by atoms with Crippen LogP contribution in [0.5, 0.6) is 5.75 Å². The second-order valence-corrected chi connectivity index (χ2v) is 8.87. The minimum absolute atomic E-state index is 0.203. The van der Waals surface area contributed by atoms with Crippen molar-refractivity contribution in [3.63, 3.8) is 0 Å². The monoisotopic (exact) mass is 486 g/mol. The molecule has 5 rings (SSSR count). The molecule has 2 heterocycles. The van der Waals surface area contributed by atoms with Crippen molar-refractivity contribution in [2.45, 2.75) is 0 Å². The number of nitrogens with zero attached hydrogens (tertiary/aromatic N) is 3. The van der Waals surface area contributed by atoms with Gasteiger partial charge in [-0.3, -0.25) is 4.79 Å². The Hall–Kier alpha value is -3.81. The highest BCUT2D eigenvalue weighted by atomic mass is 35.5. The summed E-state index contributed by atoms with van der Waals surface area (Å²) in [6, 6.07) is 24.7. The lowest BCUT2D eigenvalue weighted by Crippen LogP contribution is -2.19. The predicted octanol–water partition coefficient (Wildman–Crippen LogP) is 6.09. The van der Waals surface area contributed by atoms with Crippen molar-refractivity contribution >= 4 is 46.2 Å². The maximum atomic E-state index is 12.7. The van der Waals surface area contributed by atoms with E-state index in [1.165, 1.54) is 11.8 Å². The number of ether oxygens (including phenoxy) is 1. The lowest BCUT2D eigenvalue weighted by molar-refractivity contribution is -0.115. The molecule has 0 atom stereocenters. The number of amides is 1. The van der Waals surface area contributed by atoms with Crippen LogP contribution < -0.4 is 10.1 Å². The number of hydrogen-bond donors (Lipinski definition) is 1. The number of methoxy groups -OCH3 is 1. The molecule has 6 nitrogen and oxygen atoms in total. The number of aromatic nitrogens is 2. The van der Waals surface area contributed by atoms with E-state index < -0.39 is 0 Å². The molecule has 1 aromatic heterocycles. The number of para-hydroxylation sites is 1. The van der Waals surface area contributed by atoms with E-state index in [-0.39, 0.29) is 5.91 Å². The molecule has 4 aromatic rings. The number of hydrogen-bond acceptors (Lipinski definition) is 5. The number of benzene rings is 3. The fourth-order valence-corrected chi connectivity index (χ4v) is 4.39. The molecule has 0 radical (unpaired) electrons. The topological polar surface area (TPSA) is 68.5 Å². The van der Waals surface area contributed by atoms with Crippen LogP contribution in [-0.4, -0.2) is 28.0 Å². The quantitative estimate of drug-likeness (QED) is 0.346. The third kappa shape index (κ3) is 4.76. The van der Waals surface area contributed by atoms with Crippen molar-refractivity contribution in [1.29, 1.82) is 0 Å². The molecule has 0 aliphatic carbocycles. The highest BCUT2D eigenvalue weighted by molar-refractivity contribution is 8.18. The first kappa shape index (κ1) is 22.0. The minimum atomic E-state index is -0.203. The van der Waals surface area contributed by atoms with Crippen molar-refractivity contribution in [2.24, 2.45) is 4.99 Å². The van der Waals surface area contributed by atoms with Gasteiger partial charge >= 0.3 is 0 Å². The number of aliphatic imine (C=N–C) groups is 1. The van der Waals surface area contributed by atoms with Gasteiger partial charge in [-0.25, -0.2) is 9.67 Å². The standard InChI is InChI=1S/C26H19ClN4O2S/c1-33-22-13-7-17(8-14-22)24-18(16-31(30-24)21-5-3-2-4-6-21)15-23-25(32)29-26(34-23)28-20-11-9-19(27)10-12-20/h2-16H,1H3,(H,28,29,32)/b23-15-. The second kappa shape index (κ2) is 9.59. The summed E-state index contributed by atoms with van der Waals surface area (Å²) in [4.78, 5) is 17.7. The van der Waals surface area contributed by atoms with Crippen LogP contribution in [0.1, 0.15) is 5.56 Å². The highest BCUT2D eigenvalue weighted by Gasteiger charge is 2.25. The van der Waals surface area contributed by atoms with Crippen molar-refractivity contribution in [1.82, 2.24) is 15.1 Å². The van der Waals surface area contributed by atoms with Crippen LogP contribution in [0.3, 0.4) is 0 Å². The van der Waals surface area contributed by atoms with Crippen LogP contribution >= 0.6 is 23.4 Å². The van der Waals surface area contributed by atoms with Crippen LogP contribution in [-0.2, 0) is 4.79 Å². The molecule has 1 aliphatic heterocycles. The first-order valence-electron chi connectivity index (χ1n) is 10.4. The molecule has 168 valence electrons. The summed E-state index contributed by atoms with van der Waals surface area (Å²) in [5, 5.41) is 8.79. The molecule has 0 unspecified atom stereocenters. The molecule has 8 heteroatoms. The van der Waals surface area contributed by atoms with Crippen molar-refractivity contribution < 1.29 is 9.53 Å². The number of carbonyl (C=O) groups is 1. The number of carbonyl (C=O) groups excluding carboxylic acids is 1. The molecule has 34 heavy (non-hydrogen) atoms. The fourth-order valence-electron chi connectivity index (χ4n) is 3.43. The van der Waals surface area contributed by atoms with E-state index in [4.69, 9.17) is 21.4 Å². The molecule has 1 aliphatic rings. The average molecular weight is 487 g/mol. The first-order valence-corrected chi connectivity index (χ1v) is 11.6. The Bertz CT molecular complexity index is 1400. The predicted molar refractivity (Wildman–Crippen MR) is 138 cm³/mol. The zero-order valence-electron chi connectivity index (χ0n) is 18.1. The van der Waals surface area contributed by atoms with Crippen LogP contribution in [0.4, 0.5) is 5.69 Å². The normalized spacial score (nSPS) is 15.6. The largest absolute Gasteiger partial charge is 0.497 e. The number of halogens is 1. The van der Waals surface area contributed by atoms with E-state index in [9.17, 15) is 4.79 Å². The van der Waals surface area contributed by atoms with E-state index in [0.717, 1.165) is 28.3 Å². The van der Waals surface area contributed by atoms with Crippen LogP contribution in [0.15, 0.2) is 95.0 Å². The summed E-state index contributed by atoms with van der Waals surface area (Å²) < 4.78 is 7.10. The Morgan fingerprint density at radius 3 is 2.47 bits per heavy atom. The zero-order valence-corrected chi connectivity index (χ0v) is 19.7. The maximum Gasteiger partial charge on any atom is 0.264 e. The van der Waals surface area contributed by atoms with Crippen molar-refractivity contribution in [3.8, 4) is 22.7 Å². The van der Waals surface area contributed by atoms with Crippen LogP contribution in [0.25, 0.3) is 23.0 Å². The van der Waals surface area contributed by atoms with Gasteiger partial charge in [0, 0.05) is 22.3 Å². The molecule has 0 spiro atoms. The van der Waals surface area contributed by atoms with E-state index in [0.29, 0.717) is 20.8 Å². The summed E-state index contributed by atoms with van der Waals surface area (Å²) >= 11 is 7.23. The Morgan fingerprint density at radius 1 is 1.03 bits per heavy atom. The molecular formula is C26H19ClN4O2S. The van der Waals surface area contributed by atoms with Gasteiger partial charge in [0.15, 0.2) is 5.17 Å². The van der Waals surface area contributed by atoms with Gasteiger partial charge in [0.1, 0.15) is 5.75 Å². The maximum absolute atomic E-state index is 12.7. The number of thioether (sulfide) groups is 1. The van der Waals surface area contributed by atoms with Gasteiger partial charge in [-0.05, 0) is 78.5 Å². The van der Waals surface area contributed by atoms with Crippen molar-refractivity contribution in [2.75, 3.05) is 7.11 Å². The Labute approximate surface area is 205 Å². The Morgan fingerprint density at radius 2 is 1.76 bits per heavy atom. The summed E-state index contributed by atoms with van der Waals surface area (Å²) in [6.45, 7) is 0. The van der Waals surface area contributed by atoms with Gasteiger partial charge in [0.25, 0.3) is 5.91 Å². The zero-order chi connectivity index (χ0) is 23.5. The SMILES string of the molecule is COc1ccc(-c2nn(-c3ccccc3)cc2/C=C2\SC(=Nc3ccc(Cl)cc3)NC2=O)cc1. The van der Waals surface area contributed by atoms with Gasteiger partial charge in [-0.2, -0.15) is 5.10 Å². The van der Waals surface area contributed by atoms with E-state index in [2.05, 4.69) is 10.3 Å². The summed E-state index contributed by atoms with van der Waals surface area (Å²) in [7, 11) is 1.63. The molecule has 0 bridgehead atoms. The van der Waals surface area contributed by atoms with E-state index >= 15 is 0 Å². The number of nitrogens with one attached hydrogen (secondary N) is 1. The lowest BCUT2D eigenvalue weighted by atomic mass is 10.1. The molecule has 0 saturated carbocycles. The minimum Gasteiger partial charge on any atom is -0.497 e. The molecule has 3 aromatic carbocycles. The Balaban J connectivity index is 1.52. The van der Waals surface area contributed by atoms with Crippen molar-refractivity contribution in [3.05, 3.63) is 101 Å². The third-order valence-electron chi connectivity index (χ3n) is 5.12. The van der Waals surface area contributed by atoms with Gasteiger partial charge in [-0.15, -0.1) is 0 Å². The number of amidine groups is 1. The van der Waals surface area contributed by atoms with Gasteiger partial charge in [-0.1, -0.05) is 29.8 Å². The molecule has 1 amide bonds. The Kier molecular flexibility index (Phi) is 6.20. The highest BCUT2D eigenvalue weighted by Crippen LogP contribution is 2.32. The number of rotatable bonds is 5. The second-order valence-electron chi connectivity index (χ2n) is 7.40. The van der Waals surface area contributed by atoms with Crippen LogP contribution in [0, 0.1) is 0 Å². The van der Waals surface area contributed by atoms with Crippen LogP contribution in [0.2, 0.25) is 5.02 Å². The van der Waals surface area contributed by atoms with Gasteiger partial charge in [0.05, 0.1) is 29.1 Å². The van der Waals surface area contributed by atoms with Gasteiger partial charge in [0.2, 0.25) is 0 Å². The van der Waals surface area contributed by atoms with E-state index in [1.54, 1.807) is 31.4 Å². The third-order valence-corrected chi connectivity index (χ3v) is 6.28. The summed E-state index contributed by atoms with van der Waals surface area (Å²) in [5.41, 5.74) is 4.13. The lowest BCUT2D eigenvalue weighted by Gasteiger charge is -2.03.